The fourth-order valence-electron chi connectivity index (χ4n) is 8.35. The van der Waals surface area contributed by atoms with Crippen LogP contribution in [0.15, 0.2) is 35.9 Å². The molecular weight excluding hydrogens is 479 g/mol. The van der Waals surface area contributed by atoms with E-state index < -0.39 is 0 Å². The van der Waals surface area contributed by atoms with Crippen LogP contribution in [-0.4, -0.2) is 17.9 Å². The number of ether oxygens (including phenoxy) is 1. The maximum Gasteiger partial charge on any atom is 0.302 e. The van der Waals surface area contributed by atoms with Gasteiger partial charge in [-0.1, -0.05) is 54.8 Å². The van der Waals surface area contributed by atoms with Gasteiger partial charge in [0, 0.05) is 29.3 Å². The number of ketones is 1. The molecule has 4 aliphatic rings. The summed E-state index contributed by atoms with van der Waals surface area (Å²) < 4.78 is 5.58. The third kappa shape index (κ3) is 4.42. The zero-order valence-corrected chi connectivity index (χ0v) is 22.5. The van der Waals surface area contributed by atoms with Gasteiger partial charge in [-0.3, -0.25) is 9.59 Å². The van der Waals surface area contributed by atoms with Crippen molar-refractivity contribution in [3.05, 3.63) is 51.5 Å². The second-order valence-corrected chi connectivity index (χ2v) is 12.7. The summed E-state index contributed by atoms with van der Waals surface area (Å²) in [7, 11) is 0. The number of carbonyl (C=O) groups excluding carboxylic acids is 2. The van der Waals surface area contributed by atoms with Crippen LogP contribution in [0, 0.1) is 34.5 Å². The molecule has 0 heterocycles. The predicted molar refractivity (Wildman–Crippen MR) is 141 cm³/mol. The van der Waals surface area contributed by atoms with Crippen LogP contribution in [0.4, 0.5) is 0 Å². The van der Waals surface area contributed by atoms with Crippen molar-refractivity contribution in [1.29, 1.82) is 0 Å². The molecule has 3 saturated carbocycles. The molecular formula is C30H36Cl2O3. The number of hydrogen-bond acceptors (Lipinski definition) is 3. The summed E-state index contributed by atoms with van der Waals surface area (Å²) in [5.74, 6) is 2.03. The van der Waals surface area contributed by atoms with E-state index in [2.05, 4.69) is 19.9 Å². The summed E-state index contributed by atoms with van der Waals surface area (Å²) in [6.45, 7) is 6.35. The van der Waals surface area contributed by atoms with Crippen LogP contribution in [0.3, 0.4) is 0 Å². The molecule has 7 atom stereocenters. The van der Waals surface area contributed by atoms with Crippen LogP contribution in [0.5, 0.6) is 0 Å². The van der Waals surface area contributed by atoms with E-state index >= 15 is 0 Å². The van der Waals surface area contributed by atoms with E-state index in [0.717, 1.165) is 50.5 Å². The lowest BCUT2D eigenvalue weighted by Gasteiger charge is -2.58. The van der Waals surface area contributed by atoms with Crippen molar-refractivity contribution in [2.24, 2.45) is 34.5 Å². The van der Waals surface area contributed by atoms with Crippen LogP contribution >= 0.6 is 23.2 Å². The van der Waals surface area contributed by atoms with Gasteiger partial charge in [0.2, 0.25) is 0 Å². The van der Waals surface area contributed by atoms with E-state index in [0.29, 0.717) is 27.8 Å². The third-order valence-electron chi connectivity index (χ3n) is 10.1. The zero-order chi connectivity index (χ0) is 25.0. The maximum atomic E-state index is 13.4. The number of halogens is 2. The average Bonchev–Trinajstić information content (AvgIpc) is 3.15. The molecule has 35 heavy (non-hydrogen) atoms. The Labute approximate surface area is 219 Å². The number of esters is 1. The largest absolute Gasteiger partial charge is 0.462 e. The van der Waals surface area contributed by atoms with Gasteiger partial charge in [0.15, 0.2) is 5.78 Å². The van der Waals surface area contributed by atoms with Crippen LogP contribution in [-0.2, 0) is 14.3 Å². The molecule has 0 aromatic heterocycles. The average molecular weight is 516 g/mol. The second kappa shape index (κ2) is 9.38. The monoisotopic (exact) mass is 514 g/mol. The highest BCUT2D eigenvalue weighted by Gasteiger charge is 2.59. The molecule has 188 valence electrons. The summed E-state index contributed by atoms with van der Waals surface area (Å²) in [6, 6.07) is 5.38. The molecule has 5 heteroatoms. The molecule has 0 bridgehead atoms. The Hall–Kier alpha value is -1.58. The molecule has 0 N–H and O–H groups in total. The molecule has 3 nitrogen and oxygen atoms in total. The second-order valence-electron chi connectivity index (χ2n) is 11.8. The van der Waals surface area contributed by atoms with E-state index in [-0.39, 0.29) is 34.6 Å². The first-order valence-electron chi connectivity index (χ1n) is 13.2. The number of benzene rings is 1. The summed E-state index contributed by atoms with van der Waals surface area (Å²) >= 11 is 12.3. The molecule has 0 amide bonds. The van der Waals surface area contributed by atoms with Crippen molar-refractivity contribution in [2.45, 2.75) is 78.2 Å². The molecule has 0 radical (unpaired) electrons. The van der Waals surface area contributed by atoms with Gasteiger partial charge < -0.3 is 4.74 Å². The van der Waals surface area contributed by atoms with Gasteiger partial charge in [0.05, 0.1) is 0 Å². The van der Waals surface area contributed by atoms with Gasteiger partial charge in [0.1, 0.15) is 6.10 Å². The number of fused-ring (bicyclic) bond motifs is 5. The van der Waals surface area contributed by atoms with Gasteiger partial charge in [-0.15, -0.1) is 0 Å². The van der Waals surface area contributed by atoms with Crippen molar-refractivity contribution in [1.82, 2.24) is 0 Å². The zero-order valence-electron chi connectivity index (χ0n) is 21.0. The minimum Gasteiger partial charge on any atom is -0.462 e. The normalized spacial score (nSPS) is 38.3. The summed E-state index contributed by atoms with van der Waals surface area (Å²) in [4.78, 5) is 24.9. The third-order valence-corrected chi connectivity index (χ3v) is 10.7. The quantitative estimate of drug-likeness (QED) is 0.231. The minimum absolute atomic E-state index is 0.0339. The van der Waals surface area contributed by atoms with Crippen LogP contribution in [0.25, 0.3) is 6.08 Å². The summed E-state index contributed by atoms with van der Waals surface area (Å²) in [5, 5.41) is 1.17. The van der Waals surface area contributed by atoms with Crippen LogP contribution in [0.2, 0.25) is 10.0 Å². The Kier molecular flexibility index (Phi) is 6.72. The summed E-state index contributed by atoms with van der Waals surface area (Å²) in [5.41, 5.74) is 2.60. The standard InChI is InChI=1S/C30H36Cl2O3/c1-18(33)35-22-12-14-29(2)20(16-22)6-8-23-24-9-10-26(30(24,3)15-13-25(23)29)28(34)11-5-19-4-7-21(31)17-27(19)32/h4-7,11,17,22-26H,8-10,12-16H2,1-3H3/b11-5+/t22-,23?,24?,25?,26?,29-,30-/m0/s1. The highest BCUT2D eigenvalue weighted by Crippen LogP contribution is 2.66. The lowest BCUT2D eigenvalue weighted by Crippen LogP contribution is -2.51. The van der Waals surface area contributed by atoms with Crippen molar-refractivity contribution in [3.63, 3.8) is 0 Å². The van der Waals surface area contributed by atoms with E-state index in [1.165, 1.54) is 18.9 Å². The van der Waals surface area contributed by atoms with E-state index in [4.69, 9.17) is 27.9 Å². The molecule has 5 rings (SSSR count). The fraction of sp³-hybridized carbons (Fsp3) is 0.600. The Bertz CT molecular complexity index is 1090. The van der Waals surface area contributed by atoms with Crippen molar-refractivity contribution < 1.29 is 14.3 Å². The Morgan fingerprint density at radius 2 is 1.86 bits per heavy atom. The Balaban J connectivity index is 1.33. The molecule has 0 aliphatic heterocycles. The van der Waals surface area contributed by atoms with Gasteiger partial charge in [-0.2, -0.15) is 0 Å². The lowest BCUT2D eigenvalue weighted by molar-refractivity contribution is -0.149. The predicted octanol–water partition coefficient (Wildman–Crippen LogP) is 8.09. The van der Waals surface area contributed by atoms with Gasteiger partial charge in [-0.05, 0) is 103 Å². The van der Waals surface area contributed by atoms with E-state index in [1.807, 2.05) is 12.1 Å². The smallest absolute Gasteiger partial charge is 0.302 e. The first kappa shape index (κ1) is 25.1. The highest BCUT2D eigenvalue weighted by atomic mass is 35.5. The van der Waals surface area contributed by atoms with Gasteiger partial charge in [-0.25, -0.2) is 0 Å². The van der Waals surface area contributed by atoms with Gasteiger partial charge in [0.25, 0.3) is 0 Å². The molecule has 1 aromatic carbocycles. The molecule has 3 fully saturated rings. The summed E-state index contributed by atoms with van der Waals surface area (Å²) in [6.07, 6.45) is 14.5. The minimum atomic E-state index is -0.171. The van der Waals surface area contributed by atoms with Crippen molar-refractivity contribution in [2.75, 3.05) is 0 Å². The van der Waals surface area contributed by atoms with E-state index in [1.54, 1.807) is 18.2 Å². The number of hydrogen-bond donors (Lipinski definition) is 0. The fourth-order valence-corrected chi connectivity index (χ4v) is 8.83. The molecule has 4 aliphatic carbocycles. The lowest BCUT2D eigenvalue weighted by atomic mass is 9.47. The SMILES string of the molecule is CC(=O)O[C@H]1CC[C@@]2(C)C(=CCC3C4CCC(C(=O)/C=C/c5ccc(Cl)cc5Cl)[C@@]4(C)CCC32)C1. The van der Waals surface area contributed by atoms with Crippen LogP contribution in [0.1, 0.15) is 77.7 Å². The highest BCUT2D eigenvalue weighted by molar-refractivity contribution is 6.35. The van der Waals surface area contributed by atoms with Gasteiger partial charge >= 0.3 is 5.97 Å². The molecule has 0 saturated heterocycles. The van der Waals surface area contributed by atoms with Crippen molar-refractivity contribution >= 4 is 41.0 Å². The molecule has 1 aromatic rings. The van der Waals surface area contributed by atoms with E-state index in [9.17, 15) is 9.59 Å². The van der Waals surface area contributed by atoms with Crippen molar-refractivity contribution in [3.8, 4) is 0 Å². The number of rotatable bonds is 4. The number of allylic oxidation sites excluding steroid dienone is 2. The molecule has 4 unspecified atom stereocenters. The maximum absolute atomic E-state index is 13.4. The topological polar surface area (TPSA) is 43.4 Å². The van der Waals surface area contributed by atoms with Crippen LogP contribution < -0.4 is 0 Å². The Morgan fingerprint density at radius 1 is 1.06 bits per heavy atom. The first-order valence-corrected chi connectivity index (χ1v) is 13.9. The Morgan fingerprint density at radius 3 is 2.60 bits per heavy atom. The molecule has 0 spiro atoms. The number of carbonyl (C=O) groups is 2. The first-order chi connectivity index (χ1) is 16.6.